The van der Waals surface area contributed by atoms with Gasteiger partial charge in [0.05, 0.1) is 17.0 Å². The zero-order valence-corrected chi connectivity index (χ0v) is 11.1. The van der Waals surface area contributed by atoms with Gasteiger partial charge in [-0.1, -0.05) is 13.0 Å². The molecule has 0 fully saturated rings. The van der Waals surface area contributed by atoms with Crippen LogP contribution in [-0.2, 0) is 4.79 Å². The van der Waals surface area contributed by atoms with E-state index in [0.29, 0.717) is 24.2 Å². The molecule has 0 radical (unpaired) electrons. The Labute approximate surface area is 108 Å². The Kier molecular flexibility index (Phi) is 4.46. The van der Waals surface area contributed by atoms with Gasteiger partial charge in [0.25, 0.3) is 0 Å². The summed E-state index contributed by atoms with van der Waals surface area (Å²) in [6.07, 6.45) is 0.685. The number of amides is 1. The van der Waals surface area contributed by atoms with Gasteiger partial charge in [-0.3, -0.25) is 4.79 Å². The third kappa shape index (κ3) is 2.69. The van der Waals surface area contributed by atoms with Crippen molar-refractivity contribution in [3.05, 3.63) is 29.8 Å². The summed E-state index contributed by atoms with van der Waals surface area (Å²) in [5.74, 6) is -0.0254. The molecular weight excluding hydrogens is 226 g/mol. The minimum absolute atomic E-state index is 0.0254. The van der Waals surface area contributed by atoms with Gasteiger partial charge in [-0.15, -0.1) is 0 Å². The van der Waals surface area contributed by atoms with E-state index >= 15 is 0 Å². The molecule has 1 aromatic carbocycles. The lowest BCUT2D eigenvalue weighted by atomic mass is 9.86. The number of rotatable bonds is 4. The van der Waals surface area contributed by atoms with Gasteiger partial charge in [0.1, 0.15) is 0 Å². The monoisotopic (exact) mass is 245 g/mol. The summed E-state index contributed by atoms with van der Waals surface area (Å²) in [7, 11) is 1.71. The fourth-order valence-electron chi connectivity index (χ4n) is 1.69. The molecule has 18 heavy (non-hydrogen) atoms. The van der Waals surface area contributed by atoms with E-state index in [1.807, 2.05) is 19.9 Å². The molecule has 0 aliphatic heterocycles. The highest BCUT2D eigenvalue weighted by atomic mass is 16.2. The molecule has 0 saturated carbocycles. The normalized spacial score (nSPS) is 13.5. The molecule has 0 saturated heterocycles. The van der Waals surface area contributed by atoms with Crippen LogP contribution in [0.5, 0.6) is 0 Å². The Morgan fingerprint density at radius 1 is 1.56 bits per heavy atom. The second-order valence-corrected chi connectivity index (χ2v) is 4.64. The lowest BCUT2D eigenvalue weighted by Crippen LogP contribution is -2.44. The van der Waals surface area contributed by atoms with E-state index in [9.17, 15) is 4.79 Å². The molecule has 1 atom stereocenters. The van der Waals surface area contributed by atoms with Crippen LogP contribution in [0.1, 0.15) is 25.8 Å². The first-order valence-corrected chi connectivity index (χ1v) is 5.97. The van der Waals surface area contributed by atoms with E-state index in [2.05, 4.69) is 6.07 Å². The summed E-state index contributed by atoms with van der Waals surface area (Å²) in [5, 5.41) is 8.86. The second kappa shape index (κ2) is 5.65. The summed E-state index contributed by atoms with van der Waals surface area (Å²) >= 11 is 0. The summed E-state index contributed by atoms with van der Waals surface area (Å²) in [6.45, 7) is 4.12. The van der Waals surface area contributed by atoms with Crippen LogP contribution in [0.4, 0.5) is 5.69 Å². The molecule has 4 heteroatoms. The zero-order chi connectivity index (χ0) is 13.8. The Morgan fingerprint density at radius 3 is 2.72 bits per heavy atom. The highest BCUT2D eigenvalue weighted by Gasteiger charge is 2.32. The number of hydrogen-bond acceptors (Lipinski definition) is 3. The third-order valence-electron chi connectivity index (χ3n) is 3.41. The summed E-state index contributed by atoms with van der Waals surface area (Å²) in [5.41, 5.74) is 6.39. The molecule has 1 rings (SSSR count). The van der Waals surface area contributed by atoms with Crippen molar-refractivity contribution in [2.24, 2.45) is 11.1 Å². The van der Waals surface area contributed by atoms with E-state index in [0.717, 1.165) is 0 Å². The fourth-order valence-corrected chi connectivity index (χ4v) is 1.69. The van der Waals surface area contributed by atoms with E-state index in [4.69, 9.17) is 11.0 Å². The van der Waals surface area contributed by atoms with Gasteiger partial charge >= 0.3 is 0 Å². The lowest BCUT2D eigenvalue weighted by molar-refractivity contribution is -0.126. The number of nitrogens with zero attached hydrogens (tertiary/aromatic N) is 2. The summed E-state index contributed by atoms with van der Waals surface area (Å²) in [6, 6.07) is 9.05. The molecule has 1 unspecified atom stereocenters. The maximum Gasteiger partial charge on any atom is 0.233 e. The van der Waals surface area contributed by atoms with Crippen molar-refractivity contribution in [3.63, 3.8) is 0 Å². The smallest absolute Gasteiger partial charge is 0.233 e. The first kappa shape index (κ1) is 14.2. The van der Waals surface area contributed by atoms with Gasteiger partial charge in [-0.2, -0.15) is 5.26 Å². The molecule has 0 heterocycles. The second-order valence-electron chi connectivity index (χ2n) is 4.64. The van der Waals surface area contributed by atoms with Crippen molar-refractivity contribution in [1.29, 1.82) is 5.26 Å². The van der Waals surface area contributed by atoms with E-state index in [1.54, 1.807) is 30.1 Å². The van der Waals surface area contributed by atoms with E-state index < -0.39 is 5.41 Å². The standard InChI is InChI=1S/C14H19N3O/c1-4-14(2,10-16)13(18)17(3)12-7-5-6-11(8-12)9-15/h5-8H,4,10,16H2,1-3H3. The van der Waals surface area contributed by atoms with Gasteiger partial charge < -0.3 is 10.6 Å². The van der Waals surface area contributed by atoms with Crippen molar-refractivity contribution in [3.8, 4) is 6.07 Å². The highest BCUT2D eigenvalue weighted by molar-refractivity contribution is 5.97. The number of hydrogen-bond donors (Lipinski definition) is 1. The van der Waals surface area contributed by atoms with Gasteiger partial charge in [-0.25, -0.2) is 0 Å². The molecular formula is C14H19N3O. The molecule has 96 valence electrons. The number of carbonyl (C=O) groups excluding carboxylic acids is 1. The summed E-state index contributed by atoms with van der Waals surface area (Å²) < 4.78 is 0. The maximum absolute atomic E-state index is 12.4. The zero-order valence-electron chi connectivity index (χ0n) is 11.1. The average molecular weight is 245 g/mol. The van der Waals surface area contributed by atoms with Gasteiger partial charge in [-0.05, 0) is 31.5 Å². The van der Waals surface area contributed by atoms with Crippen molar-refractivity contribution < 1.29 is 4.79 Å². The van der Waals surface area contributed by atoms with Gasteiger partial charge in [0, 0.05) is 19.3 Å². The van der Waals surface area contributed by atoms with E-state index in [1.165, 1.54) is 0 Å². The summed E-state index contributed by atoms with van der Waals surface area (Å²) in [4.78, 5) is 14.0. The number of nitrogens with two attached hydrogens (primary N) is 1. The lowest BCUT2D eigenvalue weighted by Gasteiger charge is -2.30. The van der Waals surface area contributed by atoms with Crippen LogP contribution in [0.3, 0.4) is 0 Å². The van der Waals surface area contributed by atoms with Crippen molar-refractivity contribution in [2.45, 2.75) is 20.3 Å². The van der Waals surface area contributed by atoms with Crippen LogP contribution in [0.15, 0.2) is 24.3 Å². The Balaban J connectivity index is 3.03. The molecule has 1 aromatic rings. The maximum atomic E-state index is 12.4. The molecule has 0 aliphatic rings. The fraction of sp³-hybridized carbons (Fsp3) is 0.429. The largest absolute Gasteiger partial charge is 0.329 e. The first-order chi connectivity index (χ1) is 8.48. The predicted octanol–water partition coefficient (Wildman–Crippen LogP) is 1.90. The van der Waals surface area contributed by atoms with Crippen molar-refractivity contribution in [1.82, 2.24) is 0 Å². The van der Waals surface area contributed by atoms with Crippen LogP contribution < -0.4 is 10.6 Å². The van der Waals surface area contributed by atoms with Crippen LogP contribution in [0, 0.1) is 16.7 Å². The average Bonchev–Trinajstić information content (AvgIpc) is 2.44. The minimum atomic E-state index is -0.558. The molecule has 2 N–H and O–H groups in total. The number of anilines is 1. The predicted molar refractivity (Wildman–Crippen MR) is 72.0 cm³/mol. The molecule has 0 aliphatic carbocycles. The Hall–Kier alpha value is -1.86. The molecule has 1 amide bonds. The Morgan fingerprint density at radius 2 is 2.22 bits per heavy atom. The van der Waals surface area contributed by atoms with Crippen LogP contribution >= 0.6 is 0 Å². The van der Waals surface area contributed by atoms with E-state index in [-0.39, 0.29) is 5.91 Å². The molecule has 0 aromatic heterocycles. The molecule has 0 bridgehead atoms. The van der Waals surface area contributed by atoms with Crippen LogP contribution in [-0.4, -0.2) is 19.5 Å². The topological polar surface area (TPSA) is 70.1 Å². The third-order valence-corrected chi connectivity index (χ3v) is 3.41. The highest BCUT2D eigenvalue weighted by Crippen LogP contribution is 2.25. The van der Waals surface area contributed by atoms with Crippen LogP contribution in [0.25, 0.3) is 0 Å². The van der Waals surface area contributed by atoms with Crippen molar-refractivity contribution in [2.75, 3.05) is 18.5 Å². The van der Waals surface area contributed by atoms with Gasteiger partial charge in [0.15, 0.2) is 0 Å². The number of benzene rings is 1. The van der Waals surface area contributed by atoms with Crippen molar-refractivity contribution >= 4 is 11.6 Å². The first-order valence-electron chi connectivity index (χ1n) is 5.97. The quantitative estimate of drug-likeness (QED) is 0.880. The molecule has 0 spiro atoms. The molecule has 4 nitrogen and oxygen atoms in total. The minimum Gasteiger partial charge on any atom is -0.329 e. The Bertz CT molecular complexity index is 472. The van der Waals surface area contributed by atoms with Crippen LogP contribution in [0.2, 0.25) is 0 Å². The SMILES string of the molecule is CCC(C)(CN)C(=O)N(C)c1cccc(C#N)c1. The number of carbonyl (C=O) groups is 1. The van der Waals surface area contributed by atoms with Gasteiger partial charge in [0.2, 0.25) is 5.91 Å². The number of nitriles is 1.